The van der Waals surface area contributed by atoms with E-state index in [4.69, 9.17) is 21.0 Å². The van der Waals surface area contributed by atoms with Crippen LogP contribution in [0, 0.1) is 11.3 Å². The summed E-state index contributed by atoms with van der Waals surface area (Å²) < 4.78 is 16.7. The molecule has 1 atom stereocenters. The van der Waals surface area contributed by atoms with E-state index in [1.54, 1.807) is 5.01 Å². The Kier molecular flexibility index (Phi) is 7.21. The fraction of sp³-hybridized carbons (Fsp3) is 0.889. The summed E-state index contributed by atoms with van der Waals surface area (Å²) in [5.74, 6) is 0. The second-order valence-electron chi connectivity index (χ2n) is 3.92. The third-order valence-corrected chi connectivity index (χ3v) is 3.32. The van der Waals surface area contributed by atoms with Crippen molar-refractivity contribution in [3.63, 3.8) is 0 Å². The molecule has 0 amide bonds. The summed E-state index contributed by atoms with van der Waals surface area (Å²) >= 11 is 5.73. The topological polar surface area (TPSA) is 65.4 Å². The van der Waals surface area contributed by atoms with Gasteiger partial charge in [-0.15, -0.1) is 0 Å². The highest BCUT2D eigenvalue weighted by atomic mass is 35.7. The third kappa shape index (κ3) is 6.47. The standard InChI is InChI=1S/C9H19ClN3O2P/c1-8(2)13(9(3)4)12-16(10,14)15-7-5-6-11/h8-9H,5,7H2,1-4H3,(H,12,14). The highest BCUT2D eigenvalue weighted by Gasteiger charge is 2.25. The quantitative estimate of drug-likeness (QED) is 0.436. The Morgan fingerprint density at radius 3 is 2.31 bits per heavy atom. The molecule has 94 valence electrons. The lowest BCUT2D eigenvalue weighted by Gasteiger charge is -2.32. The highest BCUT2D eigenvalue weighted by Crippen LogP contribution is 2.48. The van der Waals surface area contributed by atoms with Crippen LogP contribution in [0.1, 0.15) is 34.1 Å². The number of nitriles is 1. The Morgan fingerprint density at radius 2 is 1.94 bits per heavy atom. The van der Waals surface area contributed by atoms with Crippen molar-refractivity contribution in [3.8, 4) is 6.07 Å². The summed E-state index contributed by atoms with van der Waals surface area (Å²) in [6, 6.07) is 2.18. The first-order valence-corrected chi connectivity index (χ1v) is 7.70. The molecule has 0 saturated carbocycles. The molecule has 0 fully saturated rings. The van der Waals surface area contributed by atoms with Gasteiger partial charge in [-0.2, -0.15) is 10.5 Å². The zero-order valence-corrected chi connectivity index (χ0v) is 11.8. The maximum atomic E-state index is 11.8. The van der Waals surface area contributed by atoms with Crippen LogP contribution < -0.4 is 5.20 Å². The first-order chi connectivity index (χ1) is 7.30. The number of rotatable bonds is 7. The van der Waals surface area contributed by atoms with E-state index in [1.165, 1.54) is 0 Å². The number of hydrogen-bond donors (Lipinski definition) is 1. The summed E-state index contributed by atoms with van der Waals surface area (Å²) in [5.41, 5.74) is 0. The number of hydrazine groups is 1. The summed E-state index contributed by atoms with van der Waals surface area (Å²) in [4.78, 5) is 0. The van der Waals surface area contributed by atoms with Crippen LogP contribution in [0.3, 0.4) is 0 Å². The maximum Gasteiger partial charge on any atom is 0.373 e. The molecule has 1 unspecified atom stereocenters. The van der Waals surface area contributed by atoms with E-state index in [1.807, 2.05) is 33.8 Å². The van der Waals surface area contributed by atoms with Crippen molar-refractivity contribution < 1.29 is 9.09 Å². The Hall–Kier alpha value is -0.110. The van der Waals surface area contributed by atoms with Gasteiger partial charge in [0.1, 0.15) is 0 Å². The number of nitrogens with one attached hydrogen (secondary N) is 1. The van der Waals surface area contributed by atoms with Gasteiger partial charge in [0.05, 0.1) is 19.1 Å². The van der Waals surface area contributed by atoms with Crippen LogP contribution >= 0.6 is 18.1 Å². The molecule has 0 aromatic carbocycles. The van der Waals surface area contributed by atoms with E-state index >= 15 is 0 Å². The van der Waals surface area contributed by atoms with Gasteiger partial charge in [0.25, 0.3) is 0 Å². The molecule has 0 spiro atoms. The molecule has 0 bridgehead atoms. The van der Waals surface area contributed by atoms with E-state index < -0.39 is 6.87 Å². The molecule has 0 aliphatic rings. The normalized spacial score (nSPS) is 15.4. The second kappa shape index (κ2) is 7.26. The van der Waals surface area contributed by atoms with Gasteiger partial charge in [-0.25, -0.2) is 5.01 Å². The van der Waals surface area contributed by atoms with Gasteiger partial charge < -0.3 is 4.52 Å². The lowest BCUT2D eigenvalue weighted by molar-refractivity contribution is 0.134. The fourth-order valence-corrected chi connectivity index (χ4v) is 2.79. The van der Waals surface area contributed by atoms with E-state index in [9.17, 15) is 4.57 Å². The average Bonchev–Trinajstić information content (AvgIpc) is 2.13. The minimum absolute atomic E-state index is 0.0638. The Balaban J connectivity index is 4.32. The van der Waals surface area contributed by atoms with Crippen molar-refractivity contribution in [2.45, 2.75) is 46.2 Å². The summed E-state index contributed by atoms with van der Waals surface area (Å²) in [5, 5.41) is 12.8. The molecule has 16 heavy (non-hydrogen) atoms. The minimum atomic E-state index is -3.39. The Bertz CT molecular complexity index is 283. The van der Waals surface area contributed by atoms with Crippen LogP contribution in [0.15, 0.2) is 0 Å². The average molecular weight is 268 g/mol. The predicted molar refractivity (Wildman–Crippen MR) is 64.9 cm³/mol. The van der Waals surface area contributed by atoms with Gasteiger partial charge in [-0.05, 0) is 38.9 Å². The van der Waals surface area contributed by atoms with Gasteiger partial charge in [-0.1, -0.05) is 0 Å². The lowest BCUT2D eigenvalue weighted by Crippen LogP contribution is -2.45. The smallest absolute Gasteiger partial charge is 0.304 e. The summed E-state index contributed by atoms with van der Waals surface area (Å²) in [7, 11) is 0. The van der Waals surface area contributed by atoms with Crippen molar-refractivity contribution in [1.82, 2.24) is 10.2 Å². The van der Waals surface area contributed by atoms with Gasteiger partial charge in [0.15, 0.2) is 0 Å². The molecule has 0 aromatic heterocycles. The summed E-state index contributed by atoms with van der Waals surface area (Å²) in [6.45, 7) is 4.50. The zero-order chi connectivity index (χ0) is 12.8. The molecule has 0 aromatic rings. The molecular weight excluding hydrogens is 249 g/mol. The molecule has 1 N–H and O–H groups in total. The van der Waals surface area contributed by atoms with Crippen molar-refractivity contribution in [3.05, 3.63) is 0 Å². The predicted octanol–water partition coefficient (Wildman–Crippen LogP) is 2.89. The molecule has 0 heterocycles. The van der Waals surface area contributed by atoms with Crippen molar-refractivity contribution in [2.24, 2.45) is 0 Å². The van der Waals surface area contributed by atoms with E-state index in [0.717, 1.165) is 0 Å². The fourth-order valence-electron chi connectivity index (χ4n) is 1.20. The molecule has 0 rings (SSSR count). The van der Waals surface area contributed by atoms with Crippen molar-refractivity contribution in [1.29, 1.82) is 5.26 Å². The van der Waals surface area contributed by atoms with Crippen LogP contribution in [-0.2, 0) is 9.09 Å². The molecule has 0 radical (unpaired) electrons. The van der Waals surface area contributed by atoms with Crippen LogP contribution in [0.25, 0.3) is 0 Å². The first kappa shape index (κ1) is 15.9. The van der Waals surface area contributed by atoms with Gasteiger partial charge in [-0.3, -0.25) is 4.57 Å². The van der Waals surface area contributed by atoms with Gasteiger partial charge in [0.2, 0.25) is 0 Å². The van der Waals surface area contributed by atoms with Crippen LogP contribution in [0.5, 0.6) is 0 Å². The van der Waals surface area contributed by atoms with Crippen LogP contribution in [-0.4, -0.2) is 23.7 Å². The minimum Gasteiger partial charge on any atom is -0.304 e. The third-order valence-electron chi connectivity index (χ3n) is 1.82. The van der Waals surface area contributed by atoms with E-state index in [2.05, 4.69) is 5.20 Å². The highest BCUT2D eigenvalue weighted by molar-refractivity contribution is 7.83. The largest absolute Gasteiger partial charge is 0.373 e. The Labute approximate surface area is 102 Å². The van der Waals surface area contributed by atoms with Crippen LogP contribution in [0.4, 0.5) is 0 Å². The lowest BCUT2D eigenvalue weighted by atomic mass is 10.3. The second-order valence-corrected chi connectivity index (χ2v) is 6.67. The Morgan fingerprint density at radius 1 is 1.44 bits per heavy atom. The van der Waals surface area contributed by atoms with Crippen molar-refractivity contribution in [2.75, 3.05) is 6.61 Å². The van der Waals surface area contributed by atoms with Gasteiger partial charge >= 0.3 is 6.87 Å². The van der Waals surface area contributed by atoms with E-state index in [0.29, 0.717) is 0 Å². The zero-order valence-electron chi connectivity index (χ0n) is 10.1. The molecule has 0 aliphatic heterocycles. The molecule has 0 aliphatic carbocycles. The van der Waals surface area contributed by atoms with Gasteiger partial charge in [0, 0.05) is 12.1 Å². The number of halogens is 1. The SMILES string of the molecule is CC(C)N(NP(=O)(Cl)OCCC#N)C(C)C. The number of nitrogens with zero attached hydrogens (tertiary/aromatic N) is 2. The molecule has 7 heteroatoms. The number of hydrogen-bond acceptors (Lipinski definition) is 4. The molecular formula is C9H19ClN3O2P. The maximum absolute atomic E-state index is 11.8. The summed E-state index contributed by atoms with van der Waals surface area (Å²) in [6.07, 6.45) is 0.168. The van der Waals surface area contributed by atoms with Crippen molar-refractivity contribution >= 4 is 18.1 Å². The molecule has 0 saturated heterocycles. The van der Waals surface area contributed by atoms with Crippen LogP contribution in [0.2, 0.25) is 0 Å². The monoisotopic (exact) mass is 267 g/mol. The molecule has 5 nitrogen and oxygen atoms in total. The van der Waals surface area contributed by atoms with E-state index in [-0.39, 0.29) is 25.1 Å². The first-order valence-electron chi connectivity index (χ1n) is 5.17.